The molecule has 0 bridgehead atoms. The lowest BCUT2D eigenvalue weighted by molar-refractivity contribution is 0.415. The average molecular weight is 369 g/mol. The summed E-state index contributed by atoms with van der Waals surface area (Å²) in [5.41, 5.74) is 6.32. The number of pyridine rings is 1. The Bertz CT molecular complexity index is 1020. The fourth-order valence-electron chi connectivity index (χ4n) is 3.77. The first kappa shape index (κ1) is 18.1. The highest BCUT2D eigenvalue weighted by Gasteiger charge is 2.20. The van der Waals surface area contributed by atoms with Crippen LogP contribution in [0.15, 0.2) is 54.6 Å². The Morgan fingerprint density at radius 1 is 1.00 bits per heavy atom. The maximum absolute atomic E-state index is 9.12. The van der Waals surface area contributed by atoms with Gasteiger partial charge in [0.05, 0.1) is 24.4 Å². The molecule has 4 rings (SSSR count). The van der Waals surface area contributed by atoms with Crippen molar-refractivity contribution >= 4 is 5.82 Å². The van der Waals surface area contributed by atoms with E-state index in [0.29, 0.717) is 5.56 Å². The van der Waals surface area contributed by atoms with E-state index < -0.39 is 0 Å². The number of rotatable bonds is 3. The highest BCUT2D eigenvalue weighted by Crippen LogP contribution is 2.36. The number of anilines is 1. The second kappa shape index (κ2) is 7.74. The van der Waals surface area contributed by atoms with Crippen molar-refractivity contribution in [3.05, 3.63) is 65.7 Å². The molecule has 1 aliphatic heterocycles. The molecule has 28 heavy (non-hydrogen) atoms. The Balaban J connectivity index is 1.89. The first-order chi connectivity index (χ1) is 13.7. The largest absolute Gasteiger partial charge is 0.497 e. The molecule has 0 spiro atoms. The Morgan fingerprint density at radius 3 is 2.39 bits per heavy atom. The van der Waals surface area contributed by atoms with Gasteiger partial charge in [-0.3, -0.25) is 0 Å². The van der Waals surface area contributed by atoms with Gasteiger partial charge in [-0.15, -0.1) is 0 Å². The monoisotopic (exact) mass is 369 g/mol. The summed E-state index contributed by atoms with van der Waals surface area (Å²) in [5, 5.41) is 9.12. The van der Waals surface area contributed by atoms with Crippen LogP contribution >= 0.6 is 0 Å². The van der Waals surface area contributed by atoms with Gasteiger partial charge in [-0.05, 0) is 72.9 Å². The fraction of sp³-hybridized carbons (Fsp3) is 0.250. The highest BCUT2D eigenvalue weighted by atomic mass is 16.5. The van der Waals surface area contributed by atoms with Crippen LogP contribution in [0.3, 0.4) is 0 Å². The third-order valence-corrected chi connectivity index (χ3v) is 5.35. The molecular formula is C24H23N3O. The summed E-state index contributed by atoms with van der Waals surface area (Å²) in [6.07, 6.45) is 3.34. The van der Waals surface area contributed by atoms with Gasteiger partial charge in [0.25, 0.3) is 0 Å². The molecular weight excluding hydrogens is 346 g/mol. The molecule has 0 N–H and O–H groups in total. The summed E-state index contributed by atoms with van der Waals surface area (Å²) in [5.74, 6) is 1.90. The predicted molar refractivity (Wildman–Crippen MR) is 113 cm³/mol. The minimum Gasteiger partial charge on any atom is -0.497 e. The van der Waals surface area contributed by atoms with Crippen molar-refractivity contribution in [2.75, 3.05) is 25.6 Å². The number of nitriles is 1. The first-order valence-electron chi connectivity index (χ1n) is 9.59. The van der Waals surface area contributed by atoms with Crippen LogP contribution in [0.2, 0.25) is 0 Å². The number of ether oxygens (including phenoxy) is 1. The lowest BCUT2D eigenvalue weighted by atomic mass is 9.94. The normalized spacial score (nSPS) is 13.4. The standard InChI is InChI=1S/C24H23N3O/c1-27-14-4-3-5-21-22(18-8-6-17(16-25)7-9-18)15-23(26-24(21)27)19-10-12-20(28-2)13-11-19/h6-13,15H,3-5,14H2,1-2H3. The number of nitrogens with zero attached hydrogens (tertiary/aromatic N) is 3. The van der Waals surface area contributed by atoms with E-state index in [4.69, 9.17) is 15.0 Å². The molecule has 0 radical (unpaired) electrons. The number of fused-ring (bicyclic) bond motifs is 1. The van der Waals surface area contributed by atoms with Gasteiger partial charge in [0.1, 0.15) is 11.6 Å². The zero-order chi connectivity index (χ0) is 19.5. The summed E-state index contributed by atoms with van der Waals surface area (Å²) in [7, 11) is 3.80. The molecule has 0 unspecified atom stereocenters. The number of benzene rings is 2. The van der Waals surface area contributed by atoms with E-state index in [1.807, 2.05) is 48.5 Å². The average Bonchev–Trinajstić information content (AvgIpc) is 2.95. The molecule has 0 aliphatic carbocycles. The van der Waals surface area contributed by atoms with Crippen LogP contribution in [0.5, 0.6) is 5.75 Å². The molecule has 2 heterocycles. The molecule has 4 nitrogen and oxygen atoms in total. The maximum atomic E-state index is 9.12. The number of methoxy groups -OCH3 is 1. The third-order valence-electron chi connectivity index (χ3n) is 5.35. The van der Waals surface area contributed by atoms with Gasteiger partial charge in [0.15, 0.2) is 0 Å². The molecule has 2 aromatic carbocycles. The van der Waals surface area contributed by atoms with E-state index >= 15 is 0 Å². The van der Waals surface area contributed by atoms with Crippen LogP contribution in [0.1, 0.15) is 24.0 Å². The molecule has 140 valence electrons. The summed E-state index contributed by atoms with van der Waals surface area (Å²) in [4.78, 5) is 7.30. The number of aromatic nitrogens is 1. The van der Waals surface area contributed by atoms with Crippen LogP contribution in [-0.2, 0) is 6.42 Å². The van der Waals surface area contributed by atoms with Crippen molar-refractivity contribution in [3.8, 4) is 34.2 Å². The molecule has 0 amide bonds. The SMILES string of the molecule is COc1ccc(-c2cc(-c3ccc(C#N)cc3)c3c(n2)N(C)CCCC3)cc1. The van der Waals surface area contributed by atoms with Crippen LogP contribution in [-0.4, -0.2) is 25.7 Å². The van der Waals surface area contributed by atoms with Gasteiger partial charge >= 0.3 is 0 Å². The maximum Gasteiger partial charge on any atom is 0.132 e. The van der Waals surface area contributed by atoms with Crippen LogP contribution in [0, 0.1) is 11.3 Å². The highest BCUT2D eigenvalue weighted by molar-refractivity contribution is 5.79. The lowest BCUT2D eigenvalue weighted by Gasteiger charge is -2.22. The molecule has 0 saturated heterocycles. The van der Waals surface area contributed by atoms with Crippen molar-refractivity contribution in [2.45, 2.75) is 19.3 Å². The van der Waals surface area contributed by atoms with Gasteiger partial charge in [-0.2, -0.15) is 5.26 Å². The molecule has 3 aromatic rings. The van der Waals surface area contributed by atoms with E-state index in [2.05, 4.69) is 24.1 Å². The van der Waals surface area contributed by atoms with Gasteiger partial charge in [-0.25, -0.2) is 4.98 Å². The molecule has 1 aliphatic rings. The molecule has 0 fully saturated rings. The second-order valence-electron chi connectivity index (χ2n) is 7.15. The Morgan fingerprint density at radius 2 is 1.71 bits per heavy atom. The number of hydrogen-bond acceptors (Lipinski definition) is 4. The van der Waals surface area contributed by atoms with Gasteiger partial charge in [0, 0.05) is 24.7 Å². The summed E-state index contributed by atoms with van der Waals surface area (Å²) < 4.78 is 5.29. The summed E-state index contributed by atoms with van der Waals surface area (Å²) in [6.45, 7) is 1.01. The van der Waals surface area contributed by atoms with Crippen molar-refractivity contribution in [1.29, 1.82) is 5.26 Å². The summed E-state index contributed by atoms with van der Waals surface area (Å²) in [6, 6.07) is 20.3. The van der Waals surface area contributed by atoms with Gasteiger partial charge in [0.2, 0.25) is 0 Å². The van der Waals surface area contributed by atoms with Crippen molar-refractivity contribution in [2.24, 2.45) is 0 Å². The summed E-state index contributed by atoms with van der Waals surface area (Å²) >= 11 is 0. The van der Waals surface area contributed by atoms with Crippen molar-refractivity contribution in [3.63, 3.8) is 0 Å². The molecule has 4 heteroatoms. The van der Waals surface area contributed by atoms with Gasteiger partial charge < -0.3 is 9.64 Å². The van der Waals surface area contributed by atoms with Crippen molar-refractivity contribution < 1.29 is 4.74 Å². The smallest absolute Gasteiger partial charge is 0.132 e. The molecule has 0 saturated carbocycles. The van der Waals surface area contributed by atoms with E-state index in [-0.39, 0.29) is 0 Å². The van der Waals surface area contributed by atoms with Crippen LogP contribution < -0.4 is 9.64 Å². The van der Waals surface area contributed by atoms with Crippen molar-refractivity contribution in [1.82, 2.24) is 4.98 Å². The second-order valence-corrected chi connectivity index (χ2v) is 7.15. The molecule has 0 atom stereocenters. The Kier molecular flexibility index (Phi) is 4.99. The van der Waals surface area contributed by atoms with E-state index in [1.165, 1.54) is 11.1 Å². The fourth-order valence-corrected chi connectivity index (χ4v) is 3.77. The zero-order valence-corrected chi connectivity index (χ0v) is 16.3. The quantitative estimate of drug-likeness (QED) is 0.647. The van der Waals surface area contributed by atoms with Gasteiger partial charge in [-0.1, -0.05) is 12.1 Å². The van der Waals surface area contributed by atoms with E-state index in [9.17, 15) is 0 Å². The topological polar surface area (TPSA) is 49.1 Å². The zero-order valence-electron chi connectivity index (χ0n) is 16.3. The van der Waals surface area contributed by atoms with Crippen LogP contribution in [0.25, 0.3) is 22.4 Å². The lowest BCUT2D eigenvalue weighted by Crippen LogP contribution is -2.19. The Labute approximate surface area is 166 Å². The minimum atomic E-state index is 0.677. The predicted octanol–water partition coefficient (Wildman–Crippen LogP) is 5.07. The van der Waals surface area contributed by atoms with E-state index in [0.717, 1.165) is 54.2 Å². The first-order valence-corrected chi connectivity index (χ1v) is 9.59. The molecule has 1 aromatic heterocycles. The minimum absolute atomic E-state index is 0.677. The Hall–Kier alpha value is -3.32. The van der Waals surface area contributed by atoms with Crippen LogP contribution in [0.4, 0.5) is 5.82 Å². The number of hydrogen-bond donors (Lipinski definition) is 0. The van der Waals surface area contributed by atoms with E-state index in [1.54, 1.807) is 7.11 Å². The third kappa shape index (κ3) is 3.44.